The fourth-order valence-corrected chi connectivity index (χ4v) is 4.96. The van der Waals surface area contributed by atoms with Crippen LogP contribution in [0.2, 0.25) is 0 Å². The molecule has 2 aromatic heterocycles. The Hall–Kier alpha value is -4.60. The lowest BCUT2D eigenvalue weighted by Crippen LogP contribution is -2.34. The van der Waals surface area contributed by atoms with Crippen LogP contribution in [0.25, 0.3) is 11.3 Å². The number of benzene rings is 2. The Morgan fingerprint density at radius 2 is 1.85 bits per heavy atom. The highest BCUT2D eigenvalue weighted by atomic mass is 19.3. The lowest BCUT2D eigenvalue weighted by atomic mass is 9.94. The number of nitrogens with zero attached hydrogens (tertiary/aromatic N) is 1. The molecule has 4 N–H and O–H groups in total. The van der Waals surface area contributed by atoms with E-state index in [2.05, 4.69) is 25.9 Å². The van der Waals surface area contributed by atoms with Crippen LogP contribution in [0, 0.1) is 5.82 Å². The van der Waals surface area contributed by atoms with E-state index < -0.39 is 30.5 Å². The Labute approximate surface area is 229 Å². The molecule has 7 nitrogen and oxygen atoms in total. The van der Waals surface area contributed by atoms with Crippen molar-refractivity contribution in [2.45, 2.75) is 38.0 Å². The fraction of sp³-hybridized carbons (Fsp3) is 0.233. The summed E-state index contributed by atoms with van der Waals surface area (Å²) in [6.07, 6.45) is -1.16. The zero-order valence-corrected chi connectivity index (χ0v) is 21.7. The summed E-state index contributed by atoms with van der Waals surface area (Å²) in [5.74, 6) is -2.37. The van der Waals surface area contributed by atoms with Gasteiger partial charge >= 0.3 is 0 Å². The van der Waals surface area contributed by atoms with Crippen LogP contribution in [0.3, 0.4) is 0 Å². The summed E-state index contributed by atoms with van der Waals surface area (Å²) in [4.78, 5) is 33.8. The van der Waals surface area contributed by atoms with Crippen LogP contribution >= 0.6 is 0 Å². The van der Waals surface area contributed by atoms with E-state index in [0.717, 1.165) is 29.9 Å². The van der Waals surface area contributed by atoms with Gasteiger partial charge in [-0.25, -0.2) is 18.2 Å². The van der Waals surface area contributed by atoms with Gasteiger partial charge in [0.15, 0.2) is 0 Å². The fourth-order valence-electron chi connectivity index (χ4n) is 4.96. The molecule has 5 rings (SSSR count). The van der Waals surface area contributed by atoms with Gasteiger partial charge in [0.2, 0.25) is 12.3 Å². The number of aromatic nitrogens is 2. The Morgan fingerprint density at radius 3 is 2.55 bits per heavy atom. The minimum Gasteiger partial charge on any atom is -0.356 e. The van der Waals surface area contributed by atoms with Crippen molar-refractivity contribution in [2.75, 3.05) is 17.2 Å². The van der Waals surface area contributed by atoms with E-state index in [9.17, 15) is 22.8 Å². The quantitative estimate of drug-likeness (QED) is 0.190. The third-order valence-electron chi connectivity index (χ3n) is 7.01. The largest absolute Gasteiger partial charge is 0.356 e. The minimum atomic E-state index is -2.74. The number of carbonyl (C=O) groups excluding carboxylic acids is 2. The third kappa shape index (κ3) is 5.70. The predicted molar refractivity (Wildman–Crippen MR) is 148 cm³/mol. The maximum absolute atomic E-state index is 13.4. The molecule has 3 heterocycles. The molecule has 2 amide bonds. The molecule has 2 aromatic carbocycles. The summed E-state index contributed by atoms with van der Waals surface area (Å²) in [6.45, 7) is 2.56. The summed E-state index contributed by atoms with van der Waals surface area (Å²) in [7, 11) is 0. The monoisotopic (exact) mass is 547 g/mol. The number of aromatic amines is 1. The normalized spacial score (nSPS) is 15.3. The predicted octanol–water partition coefficient (Wildman–Crippen LogP) is 6.57. The number of fused-ring (bicyclic) bond motifs is 1. The van der Waals surface area contributed by atoms with Gasteiger partial charge < -0.3 is 20.9 Å². The number of amides is 2. The van der Waals surface area contributed by atoms with Crippen molar-refractivity contribution < 1.29 is 22.8 Å². The third-order valence-corrected chi connectivity index (χ3v) is 7.01. The van der Waals surface area contributed by atoms with Gasteiger partial charge in [0.05, 0.1) is 22.9 Å². The summed E-state index contributed by atoms with van der Waals surface area (Å²) >= 11 is 0. The number of H-pyrrole nitrogens is 1. The lowest BCUT2D eigenvalue weighted by Gasteiger charge is -2.22. The minimum absolute atomic E-state index is 0.0876. The van der Waals surface area contributed by atoms with Crippen molar-refractivity contribution in [3.8, 4) is 11.3 Å². The van der Waals surface area contributed by atoms with Gasteiger partial charge in [-0.3, -0.25) is 9.59 Å². The zero-order valence-electron chi connectivity index (χ0n) is 21.7. The SMILES string of the molecule is CCC1CNC(=O)c2c1[nH]c(-c1ccnc(NC(=O)C(CC(F)F)c3ccc(F)cc3)c1)c2Nc1ccccc1. The molecule has 0 saturated heterocycles. The molecule has 0 spiro atoms. The lowest BCUT2D eigenvalue weighted by molar-refractivity contribution is -0.118. The molecule has 4 aromatic rings. The number of rotatable bonds is 9. The van der Waals surface area contributed by atoms with Gasteiger partial charge in [0.1, 0.15) is 11.6 Å². The van der Waals surface area contributed by atoms with E-state index in [0.29, 0.717) is 29.1 Å². The topological polar surface area (TPSA) is 98.9 Å². The molecule has 0 saturated carbocycles. The highest BCUT2D eigenvalue weighted by molar-refractivity contribution is 6.06. The Kier molecular flexibility index (Phi) is 7.86. The highest BCUT2D eigenvalue weighted by Crippen LogP contribution is 2.40. The number of pyridine rings is 1. The van der Waals surface area contributed by atoms with E-state index in [4.69, 9.17) is 0 Å². The maximum Gasteiger partial charge on any atom is 0.255 e. The van der Waals surface area contributed by atoms with Gasteiger partial charge in [-0.15, -0.1) is 0 Å². The summed E-state index contributed by atoms with van der Waals surface area (Å²) < 4.78 is 40.1. The van der Waals surface area contributed by atoms with Crippen LogP contribution in [0.4, 0.5) is 30.4 Å². The molecule has 206 valence electrons. The molecule has 0 radical (unpaired) electrons. The van der Waals surface area contributed by atoms with Gasteiger partial charge in [0.25, 0.3) is 5.91 Å². The van der Waals surface area contributed by atoms with Crippen molar-refractivity contribution in [1.29, 1.82) is 0 Å². The number of hydrogen-bond acceptors (Lipinski definition) is 4. The number of para-hydroxylation sites is 1. The first-order chi connectivity index (χ1) is 19.3. The molecular weight excluding hydrogens is 519 g/mol. The van der Waals surface area contributed by atoms with Gasteiger partial charge in [-0.1, -0.05) is 37.3 Å². The van der Waals surface area contributed by atoms with Crippen LogP contribution in [-0.2, 0) is 4.79 Å². The number of halogens is 3. The molecule has 0 aliphatic carbocycles. The maximum atomic E-state index is 13.4. The Balaban J connectivity index is 1.50. The second-order valence-electron chi connectivity index (χ2n) is 9.62. The summed E-state index contributed by atoms with van der Waals surface area (Å²) in [6, 6.07) is 17.7. The Morgan fingerprint density at radius 1 is 1.10 bits per heavy atom. The first kappa shape index (κ1) is 27.0. The average Bonchev–Trinajstić information content (AvgIpc) is 3.33. The first-order valence-corrected chi connectivity index (χ1v) is 13.0. The second kappa shape index (κ2) is 11.6. The van der Waals surface area contributed by atoms with Crippen LogP contribution in [0.1, 0.15) is 53.2 Å². The average molecular weight is 548 g/mol. The molecular formula is C30H28F3N5O2. The molecule has 40 heavy (non-hydrogen) atoms. The highest BCUT2D eigenvalue weighted by Gasteiger charge is 2.32. The van der Waals surface area contributed by atoms with E-state index >= 15 is 0 Å². The van der Waals surface area contributed by atoms with E-state index in [-0.39, 0.29) is 23.2 Å². The molecule has 0 fully saturated rings. The molecule has 2 atom stereocenters. The molecule has 10 heteroatoms. The van der Waals surface area contributed by atoms with Gasteiger partial charge in [-0.2, -0.15) is 0 Å². The van der Waals surface area contributed by atoms with Crippen molar-refractivity contribution in [3.63, 3.8) is 0 Å². The number of nitrogens with one attached hydrogen (secondary N) is 4. The van der Waals surface area contributed by atoms with Crippen molar-refractivity contribution in [3.05, 3.63) is 95.6 Å². The van der Waals surface area contributed by atoms with E-state index in [1.54, 1.807) is 12.1 Å². The van der Waals surface area contributed by atoms with E-state index in [1.165, 1.54) is 18.3 Å². The second-order valence-corrected chi connectivity index (χ2v) is 9.62. The molecule has 2 unspecified atom stereocenters. The van der Waals surface area contributed by atoms with Crippen LogP contribution in [0.5, 0.6) is 0 Å². The molecule has 1 aliphatic heterocycles. The van der Waals surface area contributed by atoms with Crippen molar-refractivity contribution >= 4 is 29.0 Å². The van der Waals surface area contributed by atoms with Gasteiger partial charge in [0, 0.05) is 42.0 Å². The number of anilines is 3. The van der Waals surface area contributed by atoms with Crippen LogP contribution in [-0.4, -0.2) is 34.8 Å². The van der Waals surface area contributed by atoms with E-state index in [1.807, 2.05) is 37.3 Å². The van der Waals surface area contributed by atoms with Gasteiger partial charge in [-0.05, 0) is 48.4 Å². The smallest absolute Gasteiger partial charge is 0.255 e. The summed E-state index contributed by atoms with van der Waals surface area (Å²) in [5, 5.41) is 8.97. The van der Waals surface area contributed by atoms with Crippen molar-refractivity contribution in [1.82, 2.24) is 15.3 Å². The standard InChI is InChI=1S/C30H28F3N5O2/c1-2-17-16-35-30(40)25-26(17)38-27(28(25)36-21-6-4-3-5-7-21)19-12-13-34-24(14-19)37-29(39)22(15-23(32)33)18-8-10-20(31)11-9-18/h3-14,17,22-23,36,38H,2,15-16H2,1H3,(H,35,40)(H,34,37,39). The number of hydrogen-bond donors (Lipinski definition) is 4. The summed E-state index contributed by atoms with van der Waals surface area (Å²) in [5.41, 5.74) is 4.25. The zero-order chi connectivity index (χ0) is 28.2. The van der Waals surface area contributed by atoms with Crippen molar-refractivity contribution in [2.24, 2.45) is 0 Å². The van der Waals surface area contributed by atoms with Crippen LogP contribution in [0.15, 0.2) is 72.9 Å². The van der Waals surface area contributed by atoms with Crippen LogP contribution < -0.4 is 16.0 Å². The first-order valence-electron chi connectivity index (χ1n) is 13.0. The number of carbonyl (C=O) groups is 2. The molecule has 0 bridgehead atoms. The number of alkyl halides is 2. The molecule has 1 aliphatic rings. The Bertz CT molecular complexity index is 1510.